The Morgan fingerprint density at radius 3 is 2.41 bits per heavy atom. The molecule has 0 amide bonds. The van der Waals surface area contributed by atoms with Gasteiger partial charge in [-0.3, -0.25) is 0 Å². The number of rotatable bonds is 4. The first-order valence-electron chi connectivity index (χ1n) is 7.90. The van der Waals surface area contributed by atoms with Crippen molar-refractivity contribution in [1.29, 1.82) is 0 Å². The molecule has 5 N–H and O–H groups in total. The molecule has 0 aliphatic heterocycles. The molecule has 2 heterocycles. The molecule has 0 spiro atoms. The van der Waals surface area contributed by atoms with Crippen molar-refractivity contribution in [1.82, 2.24) is 24.6 Å². The average molecular weight is 384 g/mol. The normalized spacial score (nSPS) is 11.0. The lowest BCUT2D eigenvalue weighted by molar-refractivity contribution is 0.451. The number of benzene rings is 2. The van der Waals surface area contributed by atoms with Crippen molar-refractivity contribution in [3.05, 3.63) is 53.1 Å². The fraction of sp³-hybridized carbons (Fsp3) is 0.0588. The summed E-state index contributed by atoms with van der Waals surface area (Å²) >= 11 is 5.88. The van der Waals surface area contributed by atoms with Gasteiger partial charge < -0.3 is 21.3 Å². The number of phenolic OH excluding ortho intramolecular Hbond substituents is 2. The summed E-state index contributed by atoms with van der Waals surface area (Å²) in [7, 11) is 0. The Balaban J connectivity index is 1.64. The highest BCUT2D eigenvalue weighted by Gasteiger charge is 2.13. The van der Waals surface area contributed by atoms with Crippen LogP contribution >= 0.6 is 11.6 Å². The van der Waals surface area contributed by atoms with E-state index >= 15 is 0 Å². The molecule has 0 atom stereocenters. The maximum absolute atomic E-state index is 9.63. The number of anilines is 2. The largest absolute Gasteiger partial charge is 0.508 e. The van der Waals surface area contributed by atoms with Crippen LogP contribution in [0.2, 0.25) is 5.02 Å². The van der Waals surface area contributed by atoms with Gasteiger partial charge in [0.2, 0.25) is 11.9 Å². The molecule has 4 rings (SSSR count). The molecule has 0 fully saturated rings. The van der Waals surface area contributed by atoms with Crippen LogP contribution in [0.3, 0.4) is 0 Å². The lowest BCUT2D eigenvalue weighted by Gasteiger charge is -2.06. The molecule has 2 aromatic heterocycles. The van der Waals surface area contributed by atoms with E-state index in [-0.39, 0.29) is 29.0 Å². The zero-order valence-electron chi connectivity index (χ0n) is 13.8. The Labute approximate surface area is 158 Å². The van der Waals surface area contributed by atoms with E-state index in [9.17, 15) is 10.2 Å². The lowest BCUT2D eigenvalue weighted by Crippen LogP contribution is -2.09. The van der Waals surface area contributed by atoms with Crippen molar-refractivity contribution in [3.63, 3.8) is 0 Å². The van der Waals surface area contributed by atoms with Gasteiger partial charge in [0.1, 0.15) is 11.5 Å². The number of phenols is 2. The van der Waals surface area contributed by atoms with Gasteiger partial charge in [-0.25, -0.2) is 0 Å². The van der Waals surface area contributed by atoms with Crippen molar-refractivity contribution in [2.45, 2.75) is 6.54 Å². The molecule has 0 aliphatic carbocycles. The minimum absolute atomic E-state index is 0.0988. The highest BCUT2D eigenvalue weighted by Crippen LogP contribution is 2.27. The first-order chi connectivity index (χ1) is 13.0. The summed E-state index contributed by atoms with van der Waals surface area (Å²) in [6.45, 7) is 0.480. The van der Waals surface area contributed by atoms with Crippen LogP contribution in [0.15, 0.2) is 42.5 Å². The molecule has 9 nitrogen and oxygen atoms in total. The Hall–Kier alpha value is -3.59. The van der Waals surface area contributed by atoms with Gasteiger partial charge >= 0.3 is 0 Å². The summed E-state index contributed by atoms with van der Waals surface area (Å²) in [4.78, 5) is 12.8. The summed E-state index contributed by atoms with van der Waals surface area (Å²) in [5.74, 6) is 0.673. The topological polar surface area (TPSA) is 134 Å². The summed E-state index contributed by atoms with van der Waals surface area (Å²) in [6.07, 6.45) is 0. The monoisotopic (exact) mass is 383 g/mol. The zero-order valence-corrected chi connectivity index (χ0v) is 14.6. The Bertz CT molecular complexity index is 1110. The second kappa shape index (κ2) is 6.61. The van der Waals surface area contributed by atoms with Gasteiger partial charge in [-0.1, -0.05) is 23.7 Å². The number of halogens is 1. The molecule has 27 heavy (non-hydrogen) atoms. The smallest absolute Gasteiger partial charge is 0.259 e. The fourth-order valence-electron chi connectivity index (χ4n) is 2.51. The quantitative estimate of drug-likeness (QED) is 0.422. The van der Waals surface area contributed by atoms with E-state index in [1.54, 1.807) is 12.1 Å². The van der Waals surface area contributed by atoms with Crippen LogP contribution in [0.25, 0.3) is 17.2 Å². The third-order valence-electron chi connectivity index (χ3n) is 3.76. The molecule has 0 saturated carbocycles. The second-order valence-corrected chi connectivity index (χ2v) is 6.21. The fourth-order valence-corrected chi connectivity index (χ4v) is 2.64. The minimum atomic E-state index is -0.103. The standard InChI is InChI=1S/C17H14ClN7O2/c18-11-3-1-9(2-4-11)8-20-16-22-15(19)25-17(23-16)21-14(24-25)10-5-12(26)7-13(27)6-10/h1-7,26-27H,8H2,(H3,19,20,21,22,23,24). The van der Waals surface area contributed by atoms with Crippen LogP contribution in [-0.4, -0.2) is 34.8 Å². The molecule has 0 radical (unpaired) electrons. The summed E-state index contributed by atoms with van der Waals surface area (Å²) in [5, 5.41) is 27.2. The van der Waals surface area contributed by atoms with Crippen molar-refractivity contribution in [2.75, 3.05) is 11.1 Å². The zero-order chi connectivity index (χ0) is 19.0. The number of hydrogen-bond acceptors (Lipinski definition) is 8. The van der Waals surface area contributed by atoms with Gasteiger partial charge in [0.15, 0.2) is 5.82 Å². The molecular weight excluding hydrogens is 370 g/mol. The van der Waals surface area contributed by atoms with Crippen molar-refractivity contribution < 1.29 is 10.2 Å². The number of nitrogens with two attached hydrogens (primary N) is 1. The van der Waals surface area contributed by atoms with Crippen LogP contribution in [0.5, 0.6) is 11.5 Å². The van der Waals surface area contributed by atoms with E-state index in [0.717, 1.165) is 5.56 Å². The maximum atomic E-state index is 9.63. The molecular formula is C17H14ClN7O2. The summed E-state index contributed by atoms with van der Waals surface area (Å²) < 4.78 is 1.28. The second-order valence-electron chi connectivity index (χ2n) is 5.77. The first kappa shape index (κ1) is 16.9. The van der Waals surface area contributed by atoms with Gasteiger partial charge in [0, 0.05) is 23.2 Å². The predicted molar refractivity (Wildman–Crippen MR) is 101 cm³/mol. The molecule has 0 bridgehead atoms. The van der Waals surface area contributed by atoms with E-state index in [0.29, 0.717) is 23.1 Å². The van der Waals surface area contributed by atoms with E-state index < -0.39 is 0 Å². The third kappa shape index (κ3) is 3.53. The number of aromatic hydroxyl groups is 2. The van der Waals surface area contributed by atoms with Gasteiger partial charge in [0.25, 0.3) is 5.78 Å². The minimum Gasteiger partial charge on any atom is -0.508 e. The van der Waals surface area contributed by atoms with E-state index in [1.807, 2.05) is 12.1 Å². The number of hydrogen-bond donors (Lipinski definition) is 4. The molecule has 0 saturated heterocycles. The van der Waals surface area contributed by atoms with E-state index in [1.165, 1.54) is 22.7 Å². The van der Waals surface area contributed by atoms with Crippen LogP contribution in [-0.2, 0) is 6.54 Å². The van der Waals surface area contributed by atoms with E-state index in [2.05, 4.69) is 25.4 Å². The number of nitrogens with zero attached hydrogens (tertiary/aromatic N) is 5. The Morgan fingerprint density at radius 1 is 1.00 bits per heavy atom. The summed E-state index contributed by atoms with van der Waals surface area (Å²) in [6, 6.07) is 11.4. The van der Waals surface area contributed by atoms with Crippen molar-refractivity contribution in [3.8, 4) is 22.9 Å². The summed E-state index contributed by atoms with van der Waals surface area (Å²) in [5.41, 5.74) is 7.37. The SMILES string of the molecule is Nc1nc(NCc2ccc(Cl)cc2)nc2nc(-c3cc(O)cc(O)c3)nn12. The van der Waals surface area contributed by atoms with Gasteiger partial charge in [-0.05, 0) is 29.8 Å². The van der Waals surface area contributed by atoms with Crippen LogP contribution in [0.1, 0.15) is 5.56 Å². The van der Waals surface area contributed by atoms with Crippen molar-refractivity contribution in [2.24, 2.45) is 0 Å². The van der Waals surface area contributed by atoms with Crippen LogP contribution in [0, 0.1) is 0 Å². The molecule has 136 valence electrons. The number of nitrogens with one attached hydrogen (secondary N) is 1. The number of aromatic nitrogens is 5. The average Bonchev–Trinajstić information content (AvgIpc) is 3.05. The van der Waals surface area contributed by atoms with Gasteiger partial charge in [0.05, 0.1) is 0 Å². The number of nitrogen functional groups attached to an aromatic ring is 1. The lowest BCUT2D eigenvalue weighted by atomic mass is 10.2. The highest BCUT2D eigenvalue weighted by molar-refractivity contribution is 6.30. The number of fused-ring (bicyclic) bond motifs is 1. The molecule has 2 aromatic carbocycles. The first-order valence-corrected chi connectivity index (χ1v) is 8.28. The molecule has 0 aliphatic rings. The third-order valence-corrected chi connectivity index (χ3v) is 4.01. The Morgan fingerprint density at radius 2 is 1.70 bits per heavy atom. The molecule has 10 heteroatoms. The highest BCUT2D eigenvalue weighted by atomic mass is 35.5. The van der Waals surface area contributed by atoms with Crippen LogP contribution in [0.4, 0.5) is 11.9 Å². The van der Waals surface area contributed by atoms with E-state index in [4.69, 9.17) is 17.3 Å². The van der Waals surface area contributed by atoms with Crippen molar-refractivity contribution >= 4 is 29.3 Å². The van der Waals surface area contributed by atoms with Crippen LogP contribution < -0.4 is 11.1 Å². The predicted octanol–water partition coefficient (Wildman–Crippen LogP) is 2.45. The molecule has 0 unspecified atom stereocenters. The van der Waals surface area contributed by atoms with Gasteiger partial charge in [-0.2, -0.15) is 19.5 Å². The maximum Gasteiger partial charge on any atom is 0.259 e. The molecule has 4 aromatic rings. The Kier molecular flexibility index (Phi) is 4.13. The van der Waals surface area contributed by atoms with Gasteiger partial charge in [-0.15, -0.1) is 5.10 Å².